The molecule has 0 aliphatic rings. The Morgan fingerprint density at radius 3 is 1.00 bits per heavy atom. The Morgan fingerprint density at radius 2 is 0.743 bits per heavy atom. The Morgan fingerprint density at radius 1 is 0.486 bits per heavy atom. The van der Waals surface area contributed by atoms with Crippen LogP contribution in [0.1, 0.15) is 6.42 Å². The number of hydrogen-bond acceptors (Lipinski definition) is 2. The van der Waals surface area contributed by atoms with Crippen molar-refractivity contribution in [3.8, 4) is 0 Å². The zero-order valence-electron chi connectivity index (χ0n) is 15.3. The molecule has 0 saturated carbocycles. The van der Waals surface area contributed by atoms with Gasteiger partial charge >= 0.3 is 61.4 Å². The maximum atomic E-state index is 13.4. The zero-order chi connectivity index (χ0) is 29.1. The van der Waals surface area contributed by atoms with Crippen LogP contribution < -0.4 is 0 Å². The summed E-state index contributed by atoms with van der Waals surface area (Å²) in [6, 6.07) is 0. The van der Waals surface area contributed by atoms with Crippen LogP contribution in [-0.4, -0.2) is 70.0 Å². The van der Waals surface area contributed by atoms with Gasteiger partial charge in [-0.05, 0) is 0 Å². The molecule has 0 aromatic carbocycles. The number of phosphoric ester groups is 1. The summed E-state index contributed by atoms with van der Waals surface area (Å²) in [6.45, 7) is -2.45. The van der Waals surface area contributed by atoms with Gasteiger partial charge in [-0.15, -0.1) is 0 Å². The molecule has 0 aliphatic carbocycles. The molecule has 0 bridgehead atoms. The van der Waals surface area contributed by atoms with Gasteiger partial charge in [-0.3, -0.25) is 4.52 Å². The number of hydrogen-bond donors (Lipinski definition) is 2. The summed E-state index contributed by atoms with van der Waals surface area (Å²) < 4.78 is 260. The first kappa shape index (κ1) is 33.8. The van der Waals surface area contributed by atoms with Crippen LogP contribution in [0.4, 0.5) is 83.4 Å². The second-order valence-electron chi connectivity index (χ2n) is 6.30. The van der Waals surface area contributed by atoms with Gasteiger partial charge in [0.15, 0.2) is 0 Å². The summed E-state index contributed by atoms with van der Waals surface area (Å²) in [5.74, 6) is -67.7. The molecule has 0 saturated heterocycles. The average Bonchev–Trinajstić information content (AvgIpc) is 2.58. The highest BCUT2D eigenvalue weighted by molar-refractivity contribution is 7.46. The van der Waals surface area contributed by atoms with E-state index >= 15 is 0 Å². The Labute approximate surface area is 178 Å². The molecule has 0 fully saturated rings. The molecule has 0 aromatic rings. The minimum absolute atomic E-state index is 2.45. The van der Waals surface area contributed by atoms with Crippen LogP contribution in [0.5, 0.6) is 0 Å². The smallest absolute Gasteiger partial charge is 0.303 e. The van der Waals surface area contributed by atoms with Crippen molar-refractivity contribution < 1.29 is 102 Å². The quantitative estimate of drug-likeness (QED) is 0.223. The van der Waals surface area contributed by atoms with Crippen LogP contribution in [-0.2, 0) is 9.09 Å². The minimum atomic E-state index is -9.02. The summed E-state index contributed by atoms with van der Waals surface area (Å²) in [7, 11) is -5.85. The molecule has 212 valence electrons. The van der Waals surface area contributed by atoms with Gasteiger partial charge in [0.25, 0.3) is 0 Å². The maximum Gasteiger partial charge on any atom is 0.469 e. The van der Waals surface area contributed by atoms with Gasteiger partial charge in [0.2, 0.25) is 0 Å². The summed E-state index contributed by atoms with van der Waals surface area (Å²) in [4.78, 5) is 16.2. The molecule has 0 rings (SSSR count). The van der Waals surface area contributed by atoms with Crippen molar-refractivity contribution in [3.63, 3.8) is 0 Å². The van der Waals surface area contributed by atoms with E-state index in [1.165, 1.54) is 0 Å². The number of alkyl halides is 19. The van der Waals surface area contributed by atoms with Crippen LogP contribution in [0, 0.1) is 0 Å². The molecule has 0 spiro atoms. The first-order chi connectivity index (χ1) is 14.7. The summed E-state index contributed by atoms with van der Waals surface area (Å²) in [5.41, 5.74) is 0. The van der Waals surface area contributed by atoms with E-state index in [9.17, 15) is 88.0 Å². The van der Waals surface area contributed by atoms with Crippen LogP contribution in [0.15, 0.2) is 0 Å². The van der Waals surface area contributed by atoms with E-state index in [1.54, 1.807) is 0 Å². The standard InChI is InChI=1S/C11H6F19O4P/c12-3(13,1-2-34-35(31,32)33)4(14,15)5(16,17)6(18,19)7(20,21)8(22,23)9(24,25)10(26,27)11(28,29)30/h1-2H2,(H2,31,32,33). The molecular formula is C11H6F19O4P. The number of rotatable bonds is 11. The van der Waals surface area contributed by atoms with Gasteiger partial charge in [0.1, 0.15) is 0 Å². The van der Waals surface area contributed by atoms with E-state index in [4.69, 9.17) is 9.79 Å². The molecule has 4 nitrogen and oxygen atoms in total. The van der Waals surface area contributed by atoms with E-state index in [0.29, 0.717) is 0 Å². The van der Waals surface area contributed by atoms with Crippen molar-refractivity contribution in [1.82, 2.24) is 0 Å². The Balaban J connectivity index is 6.66. The maximum absolute atomic E-state index is 13.4. The van der Waals surface area contributed by atoms with Crippen molar-refractivity contribution in [3.05, 3.63) is 0 Å². The number of phosphoric acid groups is 1. The summed E-state index contributed by atoms with van der Waals surface area (Å²) in [5, 5.41) is 0. The lowest BCUT2D eigenvalue weighted by atomic mass is 9.87. The van der Waals surface area contributed by atoms with Crippen LogP contribution in [0.3, 0.4) is 0 Å². The largest absolute Gasteiger partial charge is 0.469 e. The van der Waals surface area contributed by atoms with E-state index in [0.717, 1.165) is 0 Å². The normalized spacial score (nSPS) is 16.6. The first-order valence-electron chi connectivity index (χ1n) is 7.50. The summed E-state index contributed by atoms with van der Waals surface area (Å²) in [6.07, 6.45) is -11.1. The van der Waals surface area contributed by atoms with Crippen molar-refractivity contribution in [2.24, 2.45) is 0 Å². The third-order valence-corrected chi connectivity index (χ3v) is 4.38. The molecule has 35 heavy (non-hydrogen) atoms. The monoisotopic (exact) mass is 594 g/mol. The van der Waals surface area contributed by atoms with E-state index in [1.807, 2.05) is 0 Å². The Hall–Kier alpha value is -1.22. The molecule has 0 aliphatic heterocycles. The Kier molecular flexibility index (Phi) is 8.37. The fraction of sp³-hybridized carbons (Fsp3) is 1.00. The van der Waals surface area contributed by atoms with Gasteiger partial charge in [-0.2, -0.15) is 83.4 Å². The summed E-state index contributed by atoms with van der Waals surface area (Å²) >= 11 is 0. The lowest BCUT2D eigenvalue weighted by Gasteiger charge is -2.43. The molecule has 0 unspecified atom stereocenters. The topological polar surface area (TPSA) is 66.8 Å². The second-order valence-corrected chi connectivity index (χ2v) is 7.54. The molecule has 0 radical (unpaired) electrons. The minimum Gasteiger partial charge on any atom is -0.303 e. The number of halogens is 19. The highest BCUT2D eigenvalue weighted by Crippen LogP contribution is 2.65. The predicted octanol–water partition coefficient (Wildman–Crippen LogP) is 6.13. The van der Waals surface area contributed by atoms with Gasteiger partial charge in [-0.25, -0.2) is 4.57 Å². The van der Waals surface area contributed by atoms with Crippen molar-refractivity contribution in [1.29, 1.82) is 0 Å². The third kappa shape index (κ3) is 5.00. The lowest BCUT2D eigenvalue weighted by Crippen LogP contribution is -2.75. The van der Waals surface area contributed by atoms with Crippen LogP contribution in [0.25, 0.3) is 0 Å². The van der Waals surface area contributed by atoms with E-state index < -0.39 is 74.4 Å². The SMILES string of the molecule is O=P(O)(O)OCCC(F)(F)C(F)(F)C(F)(F)C(F)(F)C(F)(F)C(F)(F)C(F)(F)C(F)(F)C(F)(F)F. The highest BCUT2D eigenvalue weighted by atomic mass is 31.2. The average molecular weight is 594 g/mol. The fourth-order valence-electron chi connectivity index (χ4n) is 1.84. The van der Waals surface area contributed by atoms with Crippen molar-refractivity contribution >= 4 is 7.82 Å². The van der Waals surface area contributed by atoms with Gasteiger partial charge < -0.3 is 9.79 Å². The second kappa shape index (κ2) is 8.67. The van der Waals surface area contributed by atoms with Gasteiger partial charge in [-0.1, -0.05) is 0 Å². The highest BCUT2D eigenvalue weighted by Gasteiger charge is 2.96. The third-order valence-electron chi connectivity index (χ3n) is 3.86. The molecule has 0 amide bonds. The lowest BCUT2D eigenvalue weighted by molar-refractivity contribution is -0.468. The van der Waals surface area contributed by atoms with Crippen molar-refractivity contribution in [2.45, 2.75) is 60.0 Å². The fourth-order valence-corrected chi connectivity index (χ4v) is 2.17. The molecule has 0 heterocycles. The van der Waals surface area contributed by atoms with Gasteiger partial charge in [0.05, 0.1) is 6.61 Å². The molecule has 24 heteroatoms. The van der Waals surface area contributed by atoms with Crippen LogP contribution in [0.2, 0.25) is 0 Å². The zero-order valence-corrected chi connectivity index (χ0v) is 16.1. The first-order valence-corrected chi connectivity index (χ1v) is 9.03. The Bertz CT molecular complexity index is 812. The van der Waals surface area contributed by atoms with Crippen LogP contribution >= 0.6 is 7.82 Å². The predicted molar refractivity (Wildman–Crippen MR) is 68.2 cm³/mol. The van der Waals surface area contributed by atoms with Gasteiger partial charge in [0, 0.05) is 6.42 Å². The van der Waals surface area contributed by atoms with Crippen molar-refractivity contribution in [2.75, 3.05) is 6.61 Å². The molecule has 2 N–H and O–H groups in total. The van der Waals surface area contributed by atoms with E-state index in [-0.39, 0.29) is 0 Å². The molecule has 0 atom stereocenters. The van der Waals surface area contributed by atoms with E-state index in [2.05, 4.69) is 4.52 Å². The molecular weight excluding hydrogens is 588 g/mol. The molecule has 0 aromatic heterocycles.